The van der Waals surface area contributed by atoms with Gasteiger partial charge in [0.15, 0.2) is 0 Å². The lowest BCUT2D eigenvalue weighted by Crippen LogP contribution is -2.44. The van der Waals surface area contributed by atoms with E-state index in [9.17, 15) is 19.1 Å². The van der Waals surface area contributed by atoms with E-state index < -0.39 is 22.7 Å². The van der Waals surface area contributed by atoms with Crippen LogP contribution in [0, 0.1) is 11.7 Å². The number of ether oxygens (including phenoxy) is 1. The van der Waals surface area contributed by atoms with Gasteiger partial charge in [-0.2, -0.15) is 5.10 Å². The number of fused-ring (bicyclic) bond motifs is 2. The second-order valence-electron chi connectivity index (χ2n) is 10.8. The molecule has 1 saturated carbocycles. The largest absolute Gasteiger partial charge is 0.489 e. The van der Waals surface area contributed by atoms with Gasteiger partial charge in [-0.05, 0) is 68.1 Å². The first-order chi connectivity index (χ1) is 19.0. The Kier molecular flexibility index (Phi) is 6.08. The van der Waals surface area contributed by atoms with Gasteiger partial charge in [-0.3, -0.25) is 14.3 Å². The highest BCUT2D eigenvalue weighted by Crippen LogP contribution is 2.50. The first kappa shape index (κ1) is 26.2. The normalized spacial score (nSPS) is 19.6. The molecule has 206 valence electrons. The number of carbonyl (C=O) groups is 2. The predicted molar refractivity (Wildman–Crippen MR) is 146 cm³/mol. The summed E-state index contributed by atoms with van der Waals surface area (Å²) in [5, 5.41) is 20.0. The second kappa shape index (κ2) is 9.28. The topological polar surface area (TPSA) is 132 Å². The van der Waals surface area contributed by atoms with Crippen LogP contribution in [-0.2, 0) is 22.9 Å². The van der Waals surface area contributed by atoms with Crippen LogP contribution < -0.4 is 15.8 Å². The number of nitrogens with two attached hydrogens (primary N) is 1. The van der Waals surface area contributed by atoms with E-state index in [1.165, 1.54) is 18.2 Å². The third-order valence-electron chi connectivity index (χ3n) is 7.91. The van der Waals surface area contributed by atoms with Crippen LogP contribution in [0.2, 0.25) is 5.02 Å². The molecule has 40 heavy (non-hydrogen) atoms. The van der Waals surface area contributed by atoms with Gasteiger partial charge in [-0.1, -0.05) is 11.6 Å². The molecule has 4 N–H and O–H groups in total. The van der Waals surface area contributed by atoms with E-state index in [1.54, 1.807) is 35.9 Å². The minimum Gasteiger partial charge on any atom is -0.489 e. The lowest BCUT2D eigenvalue weighted by atomic mass is 9.81. The van der Waals surface area contributed by atoms with E-state index in [2.05, 4.69) is 10.4 Å². The number of hydrogen-bond donors (Lipinski definition) is 3. The average Bonchev–Trinajstić information content (AvgIpc) is 3.64. The van der Waals surface area contributed by atoms with Gasteiger partial charge in [0.05, 0.1) is 22.8 Å². The summed E-state index contributed by atoms with van der Waals surface area (Å²) in [6.45, 7) is 1.53. The number of benzene rings is 2. The summed E-state index contributed by atoms with van der Waals surface area (Å²) >= 11 is 6.07. The van der Waals surface area contributed by atoms with Crippen LogP contribution in [0.4, 0.5) is 4.39 Å². The molecule has 2 atom stereocenters. The zero-order chi connectivity index (χ0) is 28.4. The molecule has 0 saturated heterocycles. The van der Waals surface area contributed by atoms with Crippen molar-refractivity contribution < 1.29 is 23.8 Å². The van der Waals surface area contributed by atoms with Crippen LogP contribution in [-0.4, -0.2) is 44.8 Å². The molecule has 6 rings (SSSR count). The summed E-state index contributed by atoms with van der Waals surface area (Å²) in [7, 11) is 1.81. The van der Waals surface area contributed by atoms with Gasteiger partial charge in [0.1, 0.15) is 34.9 Å². The molecule has 4 aromatic rings. The number of amides is 2. The molecule has 0 bridgehead atoms. The molecular formula is C29H27ClFN5O4. The van der Waals surface area contributed by atoms with E-state index >= 15 is 0 Å². The van der Waals surface area contributed by atoms with Gasteiger partial charge in [-0.25, -0.2) is 9.37 Å². The van der Waals surface area contributed by atoms with Crippen molar-refractivity contribution in [3.8, 4) is 17.0 Å². The van der Waals surface area contributed by atoms with Crippen LogP contribution in [0.3, 0.4) is 0 Å². The van der Waals surface area contributed by atoms with Crippen molar-refractivity contribution in [3.63, 3.8) is 0 Å². The second-order valence-corrected chi connectivity index (χ2v) is 11.2. The fraction of sp³-hybridized carbons (Fsp3) is 0.310. The highest BCUT2D eigenvalue weighted by atomic mass is 35.5. The maximum atomic E-state index is 14.0. The quantitative estimate of drug-likeness (QED) is 0.315. The molecule has 0 radical (unpaired) electrons. The third kappa shape index (κ3) is 4.28. The molecule has 3 heterocycles. The van der Waals surface area contributed by atoms with Crippen molar-refractivity contribution in [2.45, 2.75) is 30.8 Å². The Hall–Kier alpha value is -4.02. The summed E-state index contributed by atoms with van der Waals surface area (Å²) in [6, 6.07) is 11.0. The van der Waals surface area contributed by atoms with Gasteiger partial charge in [0, 0.05) is 35.3 Å². The standard InChI is InChI=1S/C29H27ClFN5O4/c1-28(27(32)38)14-40-25-19(28)11-23(34-24(25)15-3-7-21(31)20(30)10-15)29(39,18-5-6-18)13-33-26(37)16-4-8-22-17(9-16)12-36(2)35-22/h3-4,7-12,18,39H,5-6,13-14H2,1-2H3,(H2,32,38)(H,33,37)/t28-,29+/m0/s1. The van der Waals surface area contributed by atoms with Crippen molar-refractivity contribution >= 4 is 34.3 Å². The van der Waals surface area contributed by atoms with E-state index in [-0.39, 0.29) is 35.7 Å². The van der Waals surface area contributed by atoms with Crippen molar-refractivity contribution in [3.05, 3.63) is 76.3 Å². The molecular weight excluding hydrogens is 537 g/mol. The summed E-state index contributed by atoms with van der Waals surface area (Å²) in [5.74, 6) is -1.41. The maximum absolute atomic E-state index is 14.0. The number of hydrogen-bond acceptors (Lipinski definition) is 6. The maximum Gasteiger partial charge on any atom is 0.251 e. The van der Waals surface area contributed by atoms with Crippen LogP contribution in [0.15, 0.2) is 48.7 Å². The van der Waals surface area contributed by atoms with Gasteiger partial charge in [0.25, 0.3) is 5.91 Å². The van der Waals surface area contributed by atoms with Gasteiger partial charge in [0.2, 0.25) is 5.91 Å². The minimum absolute atomic E-state index is 0.0137. The first-order valence-electron chi connectivity index (χ1n) is 12.9. The Labute approximate surface area is 234 Å². The molecule has 11 heteroatoms. The molecule has 0 unspecified atom stereocenters. The molecule has 2 aliphatic rings. The summed E-state index contributed by atoms with van der Waals surface area (Å²) in [5.41, 5.74) is 5.71. The molecule has 2 aromatic carbocycles. The number of primary amides is 1. The number of rotatable bonds is 7. The lowest BCUT2D eigenvalue weighted by molar-refractivity contribution is -0.123. The van der Waals surface area contributed by atoms with Crippen molar-refractivity contribution in [2.24, 2.45) is 18.7 Å². The SMILES string of the molecule is Cn1cc2cc(C(=O)NC[C@](O)(c3cc4c(c(-c5ccc(F)c(Cl)c5)n3)OC[C@]4(C)C(N)=O)C3CC3)ccc2n1. The van der Waals surface area contributed by atoms with Crippen molar-refractivity contribution in [1.82, 2.24) is 20.1 Å². The predicted octanol–water partition coefficient (Wildman–Crippen LogP) is 3.59. The van der Waals surface area contributed by atoms with E-state index in [0.717, 1.165) is 23.7 Å². The number of aryl methyl sites for hydroxylation is 1. The first-order valence-corrected chi connectivity index (χ1v) is 13.3. The summed E-state index contributed by atoms with van der Waals surface area (Å²) < 4.78 is 21.6. The van der Waals surface area contributed by atoms with Crippen molar-refractivity contribution in [1.29, 1.82) is 0 Å². The number of nitrogens with one attached hydrogen (secondary N) is 1. The smallest absolute Gasteiger partial charge is 0.251 e. The Morgan fingerprint density at radius 1 is 1.27 bits per heavy atom. The Bertz CT molecular complexity index is 1700. The van der Waals surface area contributed by atoms with Gasteiger partial charge < -0.3 is 20.9 Å². The molecule has 1 aliphatic heterocycles. The minimum atomic E-state index is -1.55. The van der Waals surface area contributed by atoms with E-state index in [1.807, 2.05) is 13.2 Å². The van der Waals surface area contributed by atoms with Crippen molar-refractivity contribution in [2.75, 3.05) is 13.2 Å². The molecule has 9 nitrogen and oxygen atoms in total. The van der Waals surface area contributed by atoms with Gasteiger partial charge in [-0.15, -0.1) is 0 Å². The van der Waals surface area contributed by atoms with E-state index in [4.69, 9.17) is 27.1 Å². The zero-order valence-electron chi connectivity index (χ0n) is 21.9. The molecule has 1 aliphatic carbocycles. The third-order valence-corrected chi connectivity index (χ3v) is 8.20. The lowest BCUT2D eigenvalue weighted by Gasteiger charge is -2.30. The summed E-state index contributed by atoms with van der Waals surface area (Å²) in [6.07, 6.45) is 3.28. The van der Waals surface area contributed by atoms with Crippen LogP contribution in [0.5, 0.6) is 5.75 Å². The monoisotopic (exact) mass is 563 g/mol. The number of pyridine rings is 1. The highest BCUT2D eigenvalue weighted by molar-refractivity contribution is 6.31. The average molecular weight is 564 g/mol. The zero-order valence-corrected chi connectivity index (χ0v) is 22.6. The molecule has 2 amide bonds. The fourth-order valence-corrected chi connectivity index (χ4v) is 5.44. The Morgan fingerprint density at radius 2 is 2.05 bits per heavy atom. The van der Waals surface area contributed by atoms with Gasteiger partial charge >= 0.3 is 0 Å². The number of aliphatic hydroxyl groups is 1. The molecule has 0 spiro atoms. The number of aromatic nitrogens is 3. The Morgan fingerprint density at radius 3 is 2.75 bits per heavy atom. The van der Waals surface area contributed by atoms with Crippen LogP contribution in [0.25, 0.3) is 22.2 Å². The van der Waals surface area contributed by atoms with Crippen LogP contribution >= 0.6 is 11.6 Å². The van der Waals surface area contributed by atoms with E-state index in [0.29, 0.717) is 28.1 Å². The number of halogens is 2. The highest BCUT2D eigenvalue weighted by Gasteiger charge is 2.50. The molecule has 2 aromatic heterocycles. The summed E-state index contributed by atoms with van der Waals surface area (Å²) in [4.78, 5) is 30.5. The Balaban J connectivity index is 1.40. The van der Waals surface area contributed by atoms with Crippen LogP contribution in [0.1, 0.15) is 41.4 Å². The molecule has 1 fully saturated rings. The number of carbonyl (C=O) groups excluding carboxylic acids is 2. The number of nitrogens with zero attached hydrogens (tertiary/aromatic N) is 3. The fourth-order valence-electron chi connectivity index (χ4n) is 5.26.